The molecule has 3 N–H and O–H groups in total. The first kappa shape index (κ1) is 40.6. The summed E-state index contributed by atoms with van der Waals surface area (Å²) in [6.45, 7) is 9.62. The van der Waals surface area contributed by atoms with Crippen LogP contribution in [0.2, 0.25) is 0 Å². The molecule has 55 heavy (non-hydrogen) atoms. The first-order valence-corrected chi connectivity index (χ1v) is 19.4. The number of thiophene rings is 1. The van der Waals surface area contributed by atoms with E-state index in [0.717, 1.165) is 10.4 Å². The summed E-state index contributed by atoms with van der Waals surface area (Å²) in [6.07, 6.45) is 1.50. The Hall–Kier alpha value is -5.60. The van der Waals surface area contributed by atoms with Crippen LogP contribution in [0.15, 0.2) is 89.5 Å². The molecule has 1 aliphatic heterocycles. The van der Waals surface area contributed by atoms with Gasteiger partial charge in [0.15, 0.2) is 0 Å². The highest BCUT2D eigenvalue weighted by Crippen LogP contribution is 2.39. The lowest BCUT2D eigenvalue weighted by atomic mass is 10.0. The number of nitrogens with one attached hydrogen (secondary N) is 3. The quantitative estimate of drug-likeness (QED) is 0.0744. The zero-order chi connectivity index (χ0) is 39.7. The highest BCUT2D eigenvalue weighted by Gasteiger charge is 2.33. The molecular weight excluding hydrogens is 741 g/mol. The van der Waals surface area contributed by atoms with Crippen molar-refractivity contribution in [3.63, 3.8) is 0 Å². The van der Waals surface area contributed by atoms with Crippen molar-refractivity contribution in [3.05, 3.63) is 112 Å². The summed E-state index contributed by atoms with van der Waals surface area (Å²) in [5, 5.41) is 8.26. The van der Waals surface area contributed by atoms with Crippen LogP contribution in [0.1, 0.15) is 71.3 Å². The van der Waals surface area contributed by atoms with Crippen molar-refractivity contribution in [2.75, 3.05) is 30.9 Å². The van der Waals surface area contributed by atoms with Crippen LogP contribution in [0.3, 0.4) is 0 Å². The number of carbonyl (C=O) groups excluding carboxylic acids is 5. The van der Waals surface area contributed by atoms with Gasteiger partial charge in [-0.25, -0.2) is 9.59 Å². The SMILES string of the molecule is CCOC(=O)c1c(NC(=O)C(C)Sc2cccc(NC(=O)/C(=C\c3ccccc3OC)NC(=O)c3ccccc3)c2)sc2c1CCN(C(=O)OC(C)(C)C)C2. The number of carbonyl (C=O) groups is 5. The largest absolute Gasteiger partial charge is 0.496 e. The van der Waals surface area contributed by atoms with Gasteiger partial charge in [-0.05, 0) is 89.1 Å². The Balaban J connectivity index is 1.30. The van der Waals surface area contributed by atoms with Gasteiger partial charge in [-0.2, -0.15) is 0 Å². The standard InChI is InChI=1S/C41H44N4O8S2/c1-7-52-39(49)34-30-20-21-45(40(50)53-41(3,4)5)24-33(30)55-38(34)44-35(46)25(2)54-29-18-13-17-28(23-29)42-37(48)31(22-27-16-11-12-19-32(27)51-6)43-36(47)26-14-9-8-10-15-26/h8-19,22-23,25H,7,20-21,24H2,1-6H3,(H,42,48)(H,43,47)(H,44,46)/b31-22+. The third-order valence-corrected chi connectivity index (χ3v) is 10.4. The molecule has 288 valence electrons. The summed E-state index contributed by atoms with van der Waals surface area (Å²) in [5.74, 6) is -1.39. The number of ether oxygens (including phenoxy) is 3. The van der Waals surface area contributed by atoms with Gasteiger partial charge >= 0.3 is 12.1 Å². The fraction of sp³-hybridized carbons (Fsp3) is 0.293. The Morgan fingerprint density at radius 2 is 1.69 bits per heavy atom. The lowest BCUT2D eigenvalue weighted by molar-refractivity contribution is -0.115. The zero-order valence-corrected chi connectivity index (χ0v) is 33.2. The van der Waals surface area contributed by atoms with E-state index in [1.54, 1.807) is 118 Å². The van der Waals surface area contributed by atoms with Crippen LogP contribution in [-0.4, -0.2) is 65.8 Å². The molecule has 1 unspecified atom stereocenters. The smallest absolute Gasteiger partial charge is 0.410 e. The predicted octanol–water partition coefficient (Wildman–Crippen LogP) is 7.76. The number of fused-ring (bicyclic) bond motifs is 1. The molecule has 5 rings (SSSR count). The van der Waals surface area contributed by atoms with Crippen LogP contribution in [0.5, 0.6) is 5.75 Å². The average molecular weight is 785 g/mol. The van der Waals surface area contributed by atoms with Crippen LogP contribution in [0.4, 0.5) is 15.5 Å². The Labute approximate surface area is 328 Å². The Bertz CT molecular complexity index is 2090. The second-order valence-corrected chi connectivity index (χ2v) is 16.0. The molecule has 1 aromatic heterocycles. The molecule has 4 amide bonds. The molecule has 14 heteroatoms. The van der Waals surface area contributed by atoms with E-state index in [0.29, 0.717) is 51.0 Å². The van der Waals surface area contributed by atoms with Gasteiger partial charge in [0.2, 0.25) is 5.91 Å². The maximum atomic E-state index is 13.7. The molecule has 0 saturated heterocycles. The summed E-state index contributed by atoms with van der Waals surface area (Å²) in [6, 6.07) is 22.7. The minimum atomic E-state index is -0.655. The summed E-state index contributed by atoms with van der Waals surface area (Å²) >= 11 is 2.50. The van der Waals surface area contributed by atoms with Crippen molar-refractivity contribution in [2.24, 2.45) is 0 Å². The van der Waals surface area contributed by atoms with Crippen molar-refractivity contribution >= 4 is 69.6 Å². The predicted molar refractivity (Wildman–Crippen MR) is 215 cm³/mol. The number of rotatable bonds is 12. The zero-order valence-electron chi connectivity index (χ0n) is 31.5. The Morgan fingerprint density at radius 3 is 2.40 bits per heavy atom. The fourth-order valence-corrected chi connectivity index (χ4v) is 7.77. The number of anilines is 2. The van der Waals surface area contributed by atoms with Crippen LogP contribution in [0, 0.1) is 0 Å². The number of amides is 4. The molecule has 0 radical (unpaired) electrons. The average Bonchev–Trinajstić information content (AvgIpc) is 3.51. The van der Waals surface area contributed by atoms with Gasteiger partial charge in [0.05, 0.1) is 31.1 Å². The normalized spacial score (nSPS) is 13.2. The summed E-state index contributed by atoms with van der Waals surface area (Å²) in [7, 11) is 1.52. The topological polar surface area (TPSA) is 152 Å². The third-order valence-electron chi connectivity index (χ3n) is 8.17. The van der Waals surface area contributed by atoms with E-state index in [1.807, 2.05) is 6.07 Å². The minimum absolute atomic E-state index is 0.00517. The number of thioether (sulfide) groups is 1. The maximum Gasteiger partial charge on any atom is 0.410 e. The van der Waals surface area contributed by atoms with E-state index in [9.17, 15) is 24.0 Å². The number of para-hydroxylation sites is 1. The lowest BCUT2D eigenvalue weighted by Gasteiger charge is -2.30. The van der Waals surface area contributed by atoms with Crippen LogP contribution in [-0.2, 0) is 32.0 Å². The van der Waals surface area contributed by atoms with Crippen LogP contribution >= 0.6 is 23.1 Å². The summed E-state index contributed by atoms with van der Waals surface area (Å²) in [5.41, 5.74) is 1.80. The molecule has 0 fully saturated rings. The maximum absolute atomic E-state index is 13.7. The molecule has 1 aliphatic rings. The monoisotopic (exact) mass is 784 g/mol. The molecular formula is C41H44N4O8S2. The van der Waals surface area contributed by atoms with E-state index in [2.05, 4.69) is 16.0 Å². The van der Waals surface area contributed by atoms with Gasteiger partial charge in [-0.1, -0.05) is 42.5 Å². The van der Waals surface area contributed by atoms with E-state index < -0.39 is 34.7 Å². The lowest BCUT2D eigenvalue weighted by Crippen LogP contribution is -2.39. The van der Waals surface area contributed by atoms with Gasteiger partial charge in [-0.3, -0.25) is 14.4 Å². The molecule has 3 aromatic carbocycles. The molecule has 0 aliphatic carbocycles. The van der Waals surface area contributed by atoms with Crippen LogP contribution in [0.25, 0.3) is 6.08 Å². The summed E-state index contributed by atoms with van der Waals surface area (Å²) in [4.78, 5) is 69.4. The molecule has 12 nitrogen and oxygen atoms in total. The molecule has 4 aromatic rings. The number of hydrogen-bond donors (Lipinski definition) is 3. The summed E-state index contributed by atoms with van der Waals surface area (Å²) < 4.78 is 16.4. The number of nitrogens with zero attached hydrogens (tertiary/aromatic N) is 1. The van der Waals surface area contributed by atoms with Gasteiger partial charge in [0.1, 0.15) is 22.0 Å². The second-order valence-electron chi connectivity index (χ2n) is 13.4. The fourth-order valence-electron chi connectivity index (χ4n) is 5.59. The van der Waals surface area contributed by atoms with Crippen molar-refractivity contribution in [1.29, 1.82) is 0 Å². The first-order chi connectivity index (χ1) is 26.3. The van der Waals surface area contributed by atoms with Gasteiger partial charge < -0.3 is 35.1 Å². The van der Waals surface area contributed by atoms with Crippen molar-refractivity contribution in [2.45, 2.75) is 63.3 Å². The van der Waals surface area contributed by atoms with E-state index >= 15 is 0 Å². The van der Waals surface area contributed by atoms with Gasteiger partial charge in [0.25, 0.3) is 11.8 Å². The molecule has 2 heterocycles. The first-order valence-electron chi connectivity index (χ1n) is 17.7. The third kappa shape index (κ3) is 10.8. The van der Waals surface area contributed by atoms with Crippen molar-refractivity contribution < 1.29 is 38.2 Å². The highest BCUT2D eigenvalue weighted by atomic mass is 32.2. The molecule has 0 spiro atoms. The van der Waals surface area contributed by atoms with Crippen molar-refractivity contribution in [3.8, 4) is 5.75 Å². The van der Waals surface area contributed by atoms with Gasteiger partial charge in [-0.15, -0.1) is 23.1 Å². The minimum Gasteiger partial charge on any atom is -0.496 e. The number of methoxy groups -OCH3 is 1. The number of benzene rings is 3. The number of hydrogen-bond acceptors (Lipinski definition) is 10. The van der Waals surface area contributed by atoms with Gasteiger partial charge in [0, 0.05) is 33.1 Å². The molecule has 0 saturated carbocycles. The van der Waals surface area contributed by atoms with E-state index in [4.69, 9.17) is 14.2 Å². The molecule has 1 atom stereocenters. The number of esters is 1. The second kappa shape index (κ2) is 18.2. The molecule has 0 bridgehead atoms. The Morgan fingerprint density at radius 1 is 0.964 bits per heavy atom. The highest BCUT2D eigenvalue weighted by molar-refractivity contribution is 8.00. The van der Waals surface area contributed by atoms with E-state index in [1.165, 1.54) is 30.2 Å². The van der Waals surface area contributed by atoms with Crippen LogP contribution < -0.4 is 20.7 Å². The van der Waals surface area contributed by atoms with E-state index in [-0.39, 0.29) is 24.8 Å². The van der Waals surface area contributed by atoms with Crippen molar-refractivity contribution in [1.82, 2.24) is 10.2 Å². The Kier molecular flexibility index (Phi) is 13.4.